The summed E-state index contributed by atoms with van der Waals surface area (Å²) in [6.45, 7) is 5.34. The van der Waals surface area contributed by atoms with Gasteiger partial charge in [-0.25, -0.2) is 14.7 Å². The number of nitrogen functional groups attached to an aromatic ring is 1. The SMILES string of the molecule is CN1C(=O)C[C@]2(CCc3ccc(N)cc32)N=C1N(C(=O)O)C(C)(C)C. The monoisotopic (exact) mass is 344 g/mol. The molecule has 2 amide bonds. The summed E-state index contributed by atoms with van der Waals surface area (Å²) in [5.74, 6) is 0.0299. The van der Waals surface area contributed by atoms with Crippen LogP contribution < -0.4 is 5.73 Å². The molecule has 25 heavy (non-hydrogen) atoms. The number of amides is 2. The van der Waals surface area contributed by atoms with Crippen LogP contribution >= 0.6 is 0 Å². The van der Waals surface area contributed by atoms with E-state index in [1.165, 1.54) is 4.90 Å². The molecule has 1 spiro atoms. The van der Waals surface area contributed by atoms with Crippen molar-refractivity contribution in [3.05, 3.63) is 29.3 Å². The average Bonchev–Trinajstić information content (AvgIpc) is 2.80. The Morgan fingerprint density at radius 1 is 1.40 bits per heavy atom. The van der Waals surface area contributed by atoms with Crippen LogP contribution in [0.4, 0.5) is 10.5 Å². The van der Waals surface area contributed by atoms with Gasteiger partial charge in [0.25, 0.3) is 0 Å². The number of nitrogens with zero attached hydrogens (tertiary/aromatic N) is 3. The Bertz CT molecular complexity index is 781. The van der Waals surface area contributed by atoms with Crippen LogP contribution in [0.5, 0.6) is 0 Å². The van der Waals surface area contributed by atoms with Gasteiger partial charge in [-0.2, -0.15) is 0 Å². The average molecular weight is 344 g/mol. The third kappa shape index (κ3) is 2.73. The molecule has 1 aliphatic heterocycles. The Kier molecular flexibility index (Phi) is 3.78. The number of nitrogens with two attached hydrogens (primary N) is 1. The van der Waals surface area contributed by atoms with Gasteiger partial charge in [-0.1, -0.05) is 6.07 Å². The zero-order valence-electron chi connectivity index (χ0n) is 15.0. The molecule has 0 bridgehead atoms. The summed E-state index contributed by atoms with van der Waals surface area (Å²) in [6, 6.07) is 5.68. The minimum absolute atomic E-state index is 0.143. The number of hydrogen-bond acceptors (Lipinski definition) is 4. The van der Waals surface area contributed by atoms with Gasteiger partial charge in [-0.3, -0.25) is 9.69 Å². The number of hydrogen-bond donors (Lipinski definition) is 2. The smallest absolute Gasteiger partial charge is 0.414 e. The Morgan fingerprint density at radius 3 is 2.68 bits per heavy atom. The Labute approximate surface area is 147 Å². The first-order valence-corrected chi connectivity index (χ1v) is 8.34. The lowest BCUT2D eigenvalue weighted by Gasteiger charge is -2.42. The molecule has 0 fully saturated rings. The van der Waals surface area contributed by atoms with E-state index in [4.69, 9.17) is 10.7 Å². The molecule has 0 aromatic heterocycles. The van der Waals surface area contributed by atoms with Crippen molar-refractivity contribution >= 4 is 23.6 Å². The van der Waals surface area contributed by atoms with E-state index in [9.17, 15) is 14.7 Å². The van der Waals surface area contributed by atoms with Crippen molar-refractivity contribution in [2.45, 2.75) is 51.1 Å². The minimum atomic E-state index is -1.13. The van der Waals surface area contributed by atoms with E-state index in [0.29, 0.717) is 12.1 Å². The van der Waals surface area contributed by atoms with Gasteiger partial charge < -0.3 is 10.8 Å². The van der Waals surface area contributed by atoms with Crippen molar-refractivity contribution in [3.63, 3.8) is 0 Å². The van der Waals surface area contributed by atoms with Gasteiger partial charge in [0.15, 0.2) is 0 Å². The number of guanidine groups is 1. The Hall–Kier alpha value is -2.57. The van der Waals surface area contributed by atoms with Crippen LogP contribution in [0.15, 0.2) is 23.2 Å². The van der Waals surface area contributed by atoms with Gasteiger partial charge in [0.2, 0.25) is 11.9 Å². The van der Waals surface area contributed by atoms with Crippen LogP contribution in [-0.2, 0) is 16.8 Å². The highest BCUT2D eigenvalue weighted by molar-refractivity contribution is 6.05. The first-order chi connectivity index (χ1) is 11.5. The third-order valence-corrected chi connectivity index (χ3v) is 4.94. The van der Waals surface area contributed by atoms with E-state index in [0.717, 1.165) is 22.4 Å². The second-order valence-corrected chi connectivity index (χ2v) is 7.78. The second-order valence-electron chi connectivity index (χ2n) is 7.78. The number of aliphatic imine (C=N–C) groups is 1. The highest BCUT2D eigenvalue weighted by Gasteiger charge is 2.48. The van der Waals surface area contributed by atoms with Gasteiger partial charge in [0.05, 0.1) is 12.0 Å². The van der Waals surface area contributed by atoms with E-state index in [2.05, 4.69) is 0 Å². The summed E-state index contributed by atoms with van der Waals surface area (Å²) in [7, 11) is 1.57. The summed E-state index contributed by atoms with van der Waals surface area (Å²) >= 11 is 0. The maximum absolute atomic E-state index is 12.7. The molecule has 1 aromatic rings. The first-order valence-electron chi connectivity index (χ1n) is 8.34. The lowest BCUT2D eigenvalue weighted by molar-refractivity contribution is -0.129. The lowest BCUT2D eigenvalue weighted by Crippen LogP contribution is -2.58. The molecule has 0 unspecified atom stereocenters. The number of carbonyl (C=O) groups is 2. The Balaban J connectivity index is 2.19. The summed E-state index contributed by atoms with van der Waals surface area (Å²) < 4.78 is 0. The summed E-state index contributed by atoms with van der Waals surface area (Å²) in [5.41, 5.74) is 7.16. The van der Waals surface area contributed by atoms with E-state index >= 15 is 0 Å². The van der Waals surface area contributed by atoms with Crippen molar-refractivity contribution in [1.82, 2.24) is 9.80 Å². The summed E-state index contributed by atoms with van der Waals surface area (Å²) in [6.07, 6.45) is 0.563. The molecule has 7 heteroatoms. The standard InChI is InChI=1S/C18H24N4O3/c1-17(2,3)22(16(24)25)15-20-18(10-14(23)21(15)4)8-7-11-5-6-12(19)9-13(11)18/h5-6,9H,7-8,10,19H2,1-4H3,(H,24,25)/t18-/m0/s1. The molecule has 0 radical (unpaired) electrons. The van der Waals surface area contributed by atoms with Crippen LogP contribution in [-0.4, -0.2) is 45.5 Å². The fourth-order valence-electron chi connectivity index (χ4n) is 3.68. The van der Waals surface area contributed by atoms with Gasteiger partial charge in [0, 0.05) is 18.3 Å². The molecule has 7 nitrogen and oxygen atoms in total. The zero-order valence-corrected chi connectivity index (χ0v) is 15.0. The van der Waals surface area contributed by atoms with Gasteiger partial charge in [0.1, 0.15) is 0 Å². The maximum atomic E-state index is 12.7. The van der Waals surface area contributed by atoms with Crippen LogP contribution in [0.25, 0.3) is 0 Å². The quantitative estimate of drug-likeness (QED) is 0.706. The predicted octanol–water partition coefficient (Wildman–Crippen LogP) is 2.41. The van der Waals surface area contributed by atoms with Crippen molar-refractivity contribution < 1.29 is 14.7 Å². The van der Waals surface area contributed by atoms with Crippen molar-refractivity contribution in [2.75, 3.05) is 12.8 Å². The van der Waals surface area contributed by atoms with Crippen molar-refractivity contribution in [3.8, 4) is 0 Å². The number of aryl methyl sites for hydroxylation is 1. The molecule has 2 aliphatic rings. The number of carbonyl (C=O) groups excluding carboxylic acids is 1. The fraction of sp³-hybridized carbons (Fsp3) is 0.500. The fourth-order valence-corrected chi connectivity index (χ4v) is 3.68. The number of rotatable bonds is 0. The van der Waals surface area contributed by atoms with Crippen molar-refractivity contribution in [1.29, 1.82) is 0 Å². The van der Waals surface area contributed by atoms with E-state index < -0.39 is 17.2 Å². The molecule has 0 saturated heterocycles. The number of benzene rings is 1. The second kappa shape index (κ2) is 5.47. The van der Waals surface area contributed by atoms with Crippen LogP contribution in [0.2, 0.25) is 0 Å². The molecular weight excluding hydrogens is 320 g/mol. The molecule has 1 atom stereocenters. The molecule has 3 N–H and O–H groups in total. The van der Waals surface area contributed by atoms with Crippen LogP contribution in [0, 0.1) is 0 Å². The molecule has 1 aliphatic carbocycles. The van der Waals surface area contributed by atoms with Crippen LogP contribution in [0.3, 0.4) is 0 Å². The normalized spacial score (nSPS) is 22.8. The molecular formula is C18H24N4O3. The topological polar surface area (TPSA) is 99.2 Å². The van der Waals surface area contributed by atoms with Gasteiger partial charge >= 0.3 is 6.09 Å². The number of carboxylic acid groups (broad SMARTS) is 1. The molecule has 134 valence electrons. The summed E-state index contributed by atoms with van der Waals surface area (Å²) in [5, 5.41) is 9.72. The largest absolute Gasteiger partial charge is 0.465 e. The lowest BCUT2D eigenvalue weighted by atomic mass is 9.87. The zero-order chi connectivity index (χ0) is 18.6. The maximum Gasteiger partial charge on any atom is 0.414 e. The van der Waals surface area contributed by atoms with Crippen molar-refractivity contribution in [2.24, 2.45) is 4.99 Å². The van der Waals surface area contributed by atoms with Gasteiger partial charge in [-0.05, 0) is 56.9 Å². The molecule has 1 aromatic carbocycles. The summed E-state index contributed by atoms with van der Waals surface area (Å²) in [4.78, 5) is 31.9. The highest BCUT2D eigenvalue weighted by Crippen LogP contribution is 2.46. The molecule has 1 heterocycles. The van der Waals surface area contributed by atoms with E-state index in [1.807, 2.05) is 18.2 Å². The van der Waals surface area contributed by atoms with E-state index in [-0.39, 0.29) is 18.3 Å². The third-order valence-electron chi connectivity index (χ3n) is 4.94. The van der Waals surface area contributed by atoms with Gasteiger partial charge in [-0.15, -0.1) is 0 Å². The first kappa shape index (κ1) is 17.3. The number of anilines is 1. The minimum Gasteiger partial charge on any atom is -0.465 e. The number of fused-ring (bicyclic) bond motifs is 2. The van der Waals surface area contributed by atoms with E-state index in [1.54, 1.807) is 27.8 Å². The molecule has 3 rings (SSSR count). The highest BCUT2D eigenvalue weighted by atomic mass is 16.4. The molecule has 0 saturated carbocycles. The predicted molar refractivity (Wildman–Crippen MR) is 95.3 cm³/mol. The Morgan fingerprint density at radius 2 is 2.08 bits per heavy atom. The van der Waals surface area contributed by atoms with Crippen LogP contribution in [0.1, 0.15) is 44.7 Å².